The van der Waals surface area contributed by atoms with E-state index in [4.69, 9.17) is 62.6 Å². The summed E-state index contributed by atoms with van der Waals surface area (Å²) in [6, 6.07) is 7.36. The third-order valence-corrected chi connectivity index (χ3v) is 6.48. The van der Waals surface area contributed by atoms with Gasteiger partial charge < -0.3 is 62.6 Å². The molecule has 50 heavy (non-hydrogen) atoms. The van der Waals surface area contributed by atoms with Crippen LogP contribution in [0.5, 0.6) is 5.75 Å². The number of para-hydroxylation sites is 2. The van der Waals surface area contributed by atoms with Gasteiger partial charge in [0, 0.05) is 12.2 Å². The molecule has 1 aromatic carbocycles. The van der Waals surface area contributed by atoms with Gasteiger partial charge in [0.05, 0.1) is 158 Å². The largest absolute Gasteiger partial charge is 0.489 e. The topological polar surface area (TPSA) is 174 Å². The second kappa shape index (κ2) is 32.2. The number of amides is 2. The highest BCUT2D eigenvalue weighted by Crippen LogP contribution is 2.19. The Bertz CT molecular complexity index is 984. The number of carbonyl (C=O) groups is 2. The van der Waals surface area contributed by atoms with Crippen molar-refractivity contribution >= 4 is 17.5 Å². The predicted octanol–water partition coefficient (Wildman–Crippen LogP) is 0.755. The maximum absolute atomic E-state index is 11.4. The standard InChI is InChI=1S/C34H56N2O14/c35-31-3-1-2-4-32(31)50-30-29-49-28-27-48-26-25-47-24-23-46-22-21-45-20-19-44-18-17-43-16-15-42-14-13-41-12-11-40-10-9-39-8-7-36-33(37)5-6-34(36)38/h1-6H,7-30,35H2. The molecule has 1 aliphatic rings. The van der Waals surface area contributed by atoms with E-state index in [0.717, 1.165) is 4.90 Å². The number of benzene rings is 1. The summed E-state index contributed by atoms with van der Waals surface area (Å²) >= 11 is 0. The zero-order valence-corrected chi connectivity index (χ0v) is 29.2. The molecule has 16 nitrogen and oxygen atoms in total. The lowest BCUT2D eigenvalue weighted by Crippen LogP contribution is -2.33. The molecule has 0 aliphatic carbocycles. The number of carbonyl (C=O) groups excluding carboxylic acids is 2. The van der Waals surface area contributed by atoms with Crippen LogP contribution in [0, 0.1) is 0 Å². The van der Waals surface area contributed by atoms with Crippen LogP contribution >= 0.6 is 0 Å². The number of nitrogen functional groups attached to an aromatic ring is 1. The molecule has 2 amide bonds. The molecular formula is C34H56N2O14. The van der Waals surface area contributed by atoms with Crippen molar-refractivity contribution in [3.8, 4) is 5.75 Å². The minimum absolute atomic E-state index is 0.237. The van der Waals surface area contributed by atoms with Crippen molar-refractivity contribution in [1.82, 2.24) is 4.90 Å². The van der Waals surface area contributed by atoms with Gasteiger partial charge in [0.1, 0.15) is 12.4 Å². The van der Waals surface area contributed by atoms with E-state index in [1.807, 2.05) is 18.2 Å². The molecule has 1 heterocycles. The fraction of sp³-hybridized carbons (Fsp3) is 0.706. The van der Waals surface area contributed by atoms with Gasteiger partial charge in [-0.15, -0.1) is 0 Å². The van der Waals surface area contributed by atoms with Crippen LogP contribution in [-0.2, 0) is 61.7 Å². The number of anilines is 1. The van der Waals surface area contributed by atoms with Crippen LogP contribution in [0.25, 0.3) is 0 Å². The lowest BCUT2D eigenvalue weighted by molar-refractivity contribution is -0.137. The molecule has 0 spiro atoms. The monoisotopic (exact) mass is 716 g/mol. The first-order chi connectivity index (χ1) is 24.7. The number of hydrogen-bond donors (Lipinski definition) is 1. The van der Waals surface area contributed by atoms with Crippen LogP contribution in [0.1, 0.15) is 0 Å². The summed E-state index contributed by atoms with van der Waals surface area (Å²) in [5.74, 6) is 0.0455. The first-order valence-electron chi connectivity index (χ1n) is 17.0. The summed E-state index contributed by atoms with van der Waals surface area (Å²) in [5, 5.41) is 0. The zero-order valence-electron chi connectivity index (χ0n) is 29.2. The Balaban J connectivity index is 1.14. The summed E-state index contributed by atoms with van der Waals surface area (Å²) in [6.07, 6.45) is 2.51. The molecule has 286 valence electrons. The lowest BCUT2D eigenvalue weighted by atomic mass is 10.3. The summed E-state index contributed by atoms with van der Waals surface area (Å²) in [5.41, 5.74) is 6.43. The van der Waals surface area contributed by atoms with Crippen LogP contribution in [0.15, 0.2) is 36.4 Å². The quantitative estimate of drug-likeness (QED) is 0.0580. The predicted molar refractivity (Wildman–Crippen MR) is 181 cm³/mol. The van der Waals surface area contributed by atoms with Crippen LogP contribution in [-0.4, -0.2) is 175 Å². The molecule has 0 aromatic heterocycles. The van der Waals surface area contributed by atoms with E-state index in [1.165, 1.54) is 12.2 Å². The fourth-order valence-electron chi connectivity index (χ4n) is 3.93. The second-order valence-corrected chi connectivity index (χ2v) is 10.3. The smallest absolute Gasteiger partial charge is 0.253 e. The maximum Gasteiger partial charge on any atom is 0.253 e. The van der Waals surface area contributed by atoms with Crippen LogP contribution in [0.2, 0.25) is 0 Å². The first kappa shape index (κ1) is 43.4. The molecule has 0 radical (unpaired) electrons. The maximum atomic E-state index is 11.4. The van der Waals surface area contributed by atoms with Crippen LogP contribution in [0.3, 0.4) is 0 Å². The van der Waals surface area contributed by atoms with Gasteiger partial charge in [0.15, 0.2) is 0 Å². The molecule has 1 aromatic rings. The van der Waals surface area contributed by atoms with Gasteiger partial charge in [-0.05, 0) is 12.1 Å². The van der Waals surface area contributed by atoms with Crippen molar-refractivity contribution in [3.05, 3.63) is 36.4 Å². The second-order valence-electron chi connectivity index (χ2n) is 10.3. The number of nitrogens with two attached hydrogens (primary N) is 1. The SMILES string of the molecule is Nc1ccccc1OCCOCCOCCOCCOCCOCCOCCOCCOCCOCCOCCOCCN1C(=O)C=CC1=O. The van der Waals surface area contributed by atoms with E-state index >= 15 is 0 Å². The number of rotatable bonds is 37. The van der Waals surface area contributed by atoms with Gasteiger partial charge >= 0.3 is 0 Å². The molecular weight excluding hydrogens is 660 g/mol. The molecule has 16 heteroatoms. The average molecular weight is 717 g/mol. The first-order valence-corrected chi connectivity index (χ1v) is 17.0. The van der Waals surface area contributed by atoms with E-state index in [9.17, 15) is 9.59 Å². The Morgan fingerprint density at radius 3 is 1.00 bits per heavy atom. The van der Waals surface area contributed by atoms with E-state index in [2.05, 4.69) is 0 Å². The minimum atomic E-state index is -0.308. The summed E-state index contributed by atoms with van der Waals surface area (Å²) in [4.78, 5) is 23.9. The molecule has 0 unspecified atom stereocenters. The van der Waals surface area contributed by atoms with Crippen molar-refractivity contribution in [2.75, 3.05) is 164 Å². The third kappa shape index (κ3) is 24.4. The minimum Gasteiger partial charge on any atom is -0.489 e. The Labute approximate surface area is 295 Å². The highest BCUT2D eigenvalue weighted by Gasteiger charge is 2.22. The van der Waals surface area contributed by atoms with Gasteiger partial charge in [-0.1, -0.05) is 12.1 Å². The summed E-state index contributed by atoms with van der Waals surface area (Å²) < 4.78 is 65.6. The molecule has 0 fully saturated rings. The lowest BCUT2D eigenvalue weighted by Gasteiger charge is -2.13. The molecule has 0 saturated heterocycles. The van der Waals surface area contributed by atoms with Crippen molar-refractivity contribution in [1.29, 1.82) is 0 Å². The Morgan fingerprint density at radius 1 is 0.400 bits per heavy atom. The number of imide groups is 1. The van der Waals surface area contributed by atoms with Crippen molar-refractivity contribution in [2.45, 2.75) is 0 Å². The molecule has 0 bridgehead atoms. The normalized spacial score (nSPS) is 12.8. The zero-order chi connectivity index (χ0) is 35.6. The van der Waals surface area contributed by atoms with Gasteiger partial charge in [0.2, 0.25) is 0 Å². The molecule has 2 rings (SSSR count). The Morgan fingerprint density at radius 2 is 0.680 bits per heavy atom. The fourth-order valence-corrected chi connectivity index (χ4v) is 3.93. The van der Waals surface area contributed by atoms with E-state index in [0.29, 0.717) is 157 Å². The van der Waals surface area contributed by atoms with Crippen molar-refractivity contribution < 1.29 is 66.4 Å². The Kier molecular flexibility index (Phi) is 28.0. The summed E-state index contributed by atoms with van der Waals surface area (Å²) in [7, 11) is 0. The van der Waals surface area contributed by atoms with Crippen LogP contribution < -0.4 is 10.5 Å². The van der Waals surface area contributed by atoms with Gasteiger partial charge in [-0.2, -0.15) is 0 Å². The molecule has 0 atom stereocenters. The third-order valence-electron chi connectivity index (χ3n) is 6.48. The van der Waals surface area contributed by atoms with Gasteiger partial charge in [-0.3, -0.25) is 14.5 Å². The van der Waals surface area contributed by atoms with E-state index < -0.39 is 0 Å². The highest BCUT2D eigenvalue weighted by atomic mass is 16.6. The van der Waals surface area contributed by atoms with Crippen molar-refractivity contribution in [3.63, 3.8) is 0 Å². The highest BCUT2D eigenvalue weighted by molar-refractivity contribution is 6.12. The number of ether oxygens (including phenoxy) is 12. The molecule has 2 N–H and O–H groups in total. The number of nitrogens with zero attached hydrogens (tertiary/aromatic N) is 1. The van der Waals surface area contributed by atoms with E-state index in [1.54, 1.807) is 6.07 Å². The average Bonchev–Trinajstić information content (AvgIpc) is 3.44. The van der Waals surface area contributed by atoms with E-state index in [-0.39, 0.29) is 25.0 Å². The van der Waals surface area contributed by atoms with Crippen LogP contribution in [0.4, 0.5) is 5.69 Å². The van der Waals surface area contributed by atoms with Gasteiger partial charge in [-0.25, -0.2) is 0 Å². The summed E-state index contributed by atoms with van der Waals surface area (Å²) in [6.45, 7) is 10.8. The Hall–Kier alpha value is -2.74. The van der Waals surface area contributed by atoms with Gasteiger partial charge in [0.25, 0.3) is 11.8 Å². The number of hydrogen-bond acceptors (Lipinski definition) is 15. The molecule has 0 saturated carbocycles. The van der Waals surface area contributed by atoms with Crippen molar-refractivity contribution in [2.24, 2.45) is 0 Å². The molecule has 1 aliphatic heterocycles.